The second-order valence-electron chi connectivity index (χ2n) is 7.78. The second kappa shape index (κ2) is 11.1. The van der Waals surface area contributed by atoms with Gasteiger partial charge >= 0.3 is 0 Å². The minimum atomic E-state index is -0.0944. The molecule has 1 fully saturated rings. The van der Waals surface area contributed by atoms with Crippen molar-refractivity contribution in [3.05, 3.63) is 58.3 Å². The van der Waals surface area contributed by atoms with Crippen LogP contribution in [0.1, 0.15) is 53.9 Å². The number of benzene rings is 1. The first-order valence-corrected chi connectivity index (χ1v) is 11.4. The number of hydrogen-bond donors (Lipinski definition) is 2. The zero-order valence-corrected chi connectivity index (χ0v) is 17.9. The molecule has 6 heteroatoms. The summed E-state index contributed by atoms with van der Waals surface area (Å²) in [5, 5.41) is 8.09. The molecule has 0 bridgehead atoms. The maximum absolute atomic E-state index is 12.3. The second-order valence-corrected chi connectivity index (χ2v) is 8.76. The molecule has 29 heavy (non-hydrogen) atoms. The standard InChI is InChI=1S/C23H31N3O2S/c1-18-11-14-26(15-12-18)20(21-9-6-16-29-21)17-25-22(27)10-5-13-24-23(28)19-7-3-2-4-8-19/h2-4,6-9,16,18,20H,5,10-15,17H2,1H3,(H,24,28)(H,25,27). The lowest BCUT2D eigenvalue weighted by atomic mass is 9.97. The summed E-state index contributed by atoms with van der Waals surface area (Å²) >= 11 is 1.76. The maximum Gasteiger partial charge on any atom is 0.251 e. The summed E-state index contributed by atoms with van der Waals surface area (Å²) in [4.78, 5) is 28.2. The van der Waals surface area contributed by atoms with Gasteiger partial charge in [-0.1, -0.05) is 31.2 Å². The molecule has 1 aromatic heterocycles. The summed E-state index contributed by atoms with van der Waals surface area (Å²) in [6.45, 7) is 5.63. The van der Waals surface area contributed by atoms with Gasteiger partial charge in [-0.3, -0.25) is 14.5 Å². The number of rotatable bonds is 9. The van der Waals surface area contributed by atoms with Gasteiger partial charge in [0.25, 0.3) is 5.91 Å². The van der Waals surface area contributed by atoms with Crippen LogP contribution in [0.2, 0.25) is 0 Å². The Bertz CT molecular complexity index is 756. The van der Waals surface area contributed by atoms with Gasteiger partial charge in [0.2, 0.25) is 5.91 Å². The summed E-state index contributed by atoms with van der Waals surface area (Å²) in [7, 11) is 0. The van der Waals surface area contributed by atoms with Crippen molar-refractivity contribution in [1.82, 2.24) is 15.5 Å². The first-order valence-electron chi connectivity index (χ1n) is 10.5. The molecule has 2 amide bonds. The maximum atomic E-state index is 12.3. The normalized spacial score (nSPS) is 16.3. The van der Waals surface area contributed by atoms with Crippen LogP contribution in [0.5, 0.6) is 0 Å². The van der Waals surface area contributed by atoms with Crippen molar-refractivity contribution in [2.45, 2.75) is 38.6 Å². The molecule has 5 nitrogen and oxygen atoms in total. The Balaban J connectivity index is 1.40. The molecule has 0 spiro atoms. The number of nitrogens with one attached hydrogen (secondary N) is 2. The lowest BCUT2D eigenvalue weighted by Gasteiger charge is -2.36. The van der Waals surface area contributed by atoms with E-state index in [1.54, 1.807) is 23.5 Å². The van der Waals surface area contributed by atoms with Gasteiger partial charge in [0.15, 0.2) is 0 Å². The Morgan fingerprint density at radius 2 is 1.86 bits per heavy atom. The molecule has 1 atom stereocenters. The average Bonchev–Trinajstić information content (AvgIpc) is 3.27. The van der Waals surface area contributed by atoms with Gasteiger partial charge in [0.1, 0.15) is 0 Å². The fraction of sp³-hybridized carbons (Fsp3) is 0.478. The van der Waals surface area contributed by atoms with Crippen LogP contribution in [0.25, 0.3) is 0 Å². The Hall–Kier alpha value is -2.18. The largest absolute Gasteiger partial charge is 0.354 e. The number of thiophene rings is 1. The fourth-order valence-corrected chi connectivity index (χ4v) is 4.53. The van der Waals surface area contributed by atoms with Crippen molar-refractivity contribution in [2.75, 3.05) is 26.2 Å². The monoisotopic (exact) mass is 413 g/mol. The first kappa shape index (κ1) is 21.5. The first-order chi connectivity index (χ1) is 14.1. The molecule has 1 saturated heterocycles. The van der Waals surface area contributed by atoms with Crippen LogP contribution in [0.3, 0.4) is 0 Å². The Morgan fingerprint density at radius 3 is 2.55 bits per heavy atom. The van der Waals surface area contributed by atoms with Crippen molar-refractivity contribution < 1.29 is 9.59 Å². The van der Waals surface area contributed by atoms with E-state index in [1.807, 2.05) is 18.2 Å². The quantitative estimate of drug-likeness (QED) is 0.614. The van der Waals surface area contributed by atoms with Gasteiger partial charge in [0.05, 0.1) is 6.04 Å². The third-order valence-electron chi connectivity index (χ3n) is 5.53. The minimum Gasteiger partial charge on any atom is -0.354 e. The summed E-state index contributed by atoms with van der Waals surface area (Å²) in [6, 6.07) is 13.6. The number of carbonyl (C=O) groups excluding carboxylic acids is 2. The highest BCUT2D eigenvalue weighted by Crippen LogP contribution is 2.29. The van der Waals surface area contributed by atoms with Crippen LogP contribution in [0.4, 0.5) is 0 Å². The molecule has 1 aliphatic heterocycles. The van der Waals surface area contributed by atoms with E-state index in [-0.39, 0.29) is 17.9 Å². The van der Waals surface area contributed by atoms with Crippen molar-refractivity contribution in [3.63, 3.8) is 0 Å². The van der Waals surface area contributed by atoms with E-state index in [2.05, 4.69) is 40.0 Å². The molecular weight excluding hydrogens is 382 g/mol. The van der Waals surface area contributed by atoms with Crippen LogP contribution in [0, 0.1) is 5.92 Å². The molecule has 2 heterocycles. The van der Waals surface area contributed by atoms with E-state index in [1.165, 1.54) is 17.7 Å². The van der Waals surface area contributed by atoms with E-state index in [9.17, 15) is 9.59 Å². The van der Waals surface area contributed by atoms with Gasteiger partial charge in [-0.25, -0.2) is 0 Å². The molecule has 1 unspecified atom stereocenters. The highest BCUT2D eigenvalue weighted by atomic mass is 32.1. The molecule has 0 saturated carbocycles. The highest BCUT2D eigenvalue weighted by Gasteiger charge is 2.25. The Labute approximate surface area is 177 Å². The molecule has 3 rings (SSSR count). The predicted molar refractivity (Wildman–Crippen MR) is 118 cm³/mol. The van der Waals surface area contributed by atoms with Crippen LogP contribution in [-0.2, 0) is 4.79 Å². The average molecular weight is 414 g/mol. The number of amides is 2. The number of carbonyl (C=O) groups is 2. The number of likely N-dealkylation sites (tertiary alicyclic amines) is 1. The van der Waals surface area contributed by atoms with Crippen molar-refractivity contribution in [3.8, 4) is 0 Å². The van der Waals surface area contributed by atoms with E-state index in [0.29, 0.717) is 31.5 Å². The van der Waals surface area contributed by atoms with Crippen LogP contribution >= 0.6 is 11.3 Å². The Morgan fingerprint density at radius 1 is 1.10 bits per heavy atom. The minimum absolute atomic E-state index is 0.0471. The smallest absolute Gasteiger partial charge is 0.251 e. The highest BCUT2D eigenvalue weighted by molar-refractivity contribution is 7.10. The fourth-order valence-electron chi connectivity index (χ4n) is 3.67. The predicted octanol–water partition coefficient (Wildman–Crippen LogP) is 3.85. The zero-order valence-electron chi connectivity index (χ0n) is 17.1. The molecule has 2 N–H and O–H groups in total. The summed E-state index contributed by atoms with van der Waals surface area (Å²) in [5.74, 6) is 0.741. The summed E-state index contributed by atoms with van der Waals surface area (Å²) < 4.78 is 0. The third-order valence-corrected chi connectivity index (χ3v) is 6.50. The molecule has 0 radical (unpaired) electrons. The van der Waals surface area contributed by atoms with Crippen molar-refractivity contribution >= 4 is 23.2 Å². The van der Waals surface area contributed by atoms with E-state index < -0.39 is 0 Å². The zero-order chi connectivity index (χ0) is 20.5. The molecule has 1 aliphatic rings. The van der Waals surface area contributed by atoms with Gasteiger partial charge < -0.3 is 10.6 Å². The molecular formula is C23H31N3O2S. The van der Waals surface area contributed by atoms with Gasteiger partial charge in [-0.15, -0.1) is 11.3 Å². The van der Waals surface area contributed by atoms with Crippen molar-refractivity contribution in [1.29, 1.82) is 0 Å². The van der Waals surface area contributed by atoms with E-state index in [4.69, 9.17) is 0 Å². The Kier molecular flexibility index (Phi) is 8.25. The number of nitrogens with zero attached hydrogens (tertiary/aromatic N) is 1. The third kappa shape index (κ3) is 6.68. The van der Waals surface area contributed by atoms with Gasteiger partial charge in [-0.05, 0) is 61.8 Å². The molecule has 0 aliphatic carbocycles. The van der Waals surface area contributed by atoms with Crippen LogP contribution in [-0.4, -0.2) is 42.9 Å². The molecule has 2 aromatic rings. The topological polar surface area (TPSA) is 61.4 Å². The summed E-state index contributed by atoms with van der Waals surface area (Å²) in [6.07, 6.45) is 3.49. The summed E-state index contributed by atoms with van der Waals surface area (Å²) in [5.41, 5.74) is 0.645. The van der Waals surface area contributed by atoms with Crippen LogP contribution in [0.15, 0.2) is 47.8 Å². The van der Waals surface area contributed by atoms with Gasteiger partial charge in [0, 0.05) is 30.0 Å². The molecule has 1 aromatic carbocycles. The SMILES string of the molecule is CC1CCN(C(CNC(=O)CCCNC(=O)c2ccccc2)c2cccs2)CC1. The lowest BCUT2D eigenvalue weighted by molar-refractivity contribution is -0.121. The van der Waals surface area contributed by atoms with Gasteiger partial charge in [-0.2, -0.15) is 0 Å². The van der Waals surface area contributed by atoms with E-state index in [0.717, 1.165) is 19.0 Å². The van der Waals surface area contributed by atoms with E-state index >= 15 is 0 Å². The lowest BCUT2D eigenvalue weighted by Crippen LogP contribution is -2.41. The number of hydrogen-bond acceptors (Lipinski definition) is 4. The van der Waals surface area contributed by atoms with Crippen molar-refractivity contribution in [2.24, 2.45) is 5.92 Å². The van der Waals surface area contributed by atoms with Crippen LogP contribution < -0.4 is 10.6 Å². The molecule has 156 valence electrons. The number of piperidine rings is 1.